The van der Waals surface area contributed by atoms with E-state index in [1.807, 2.05) is 38.7 Å². The molecule has 0 aliphatic heterocycles. The Hall–Kier alpha value is -1.88. The standard InChI is InChI=1S/C17H23ClN2O3/c1-5-20(6-2)15(13-9-7-8-10-14(13)18)19-16(21)17(22)23-11-12(3)4/h7-10,12H,5-6,11H2,1-4H3. The van der Waals surface area contributed by atoms with E-state index in [-0.39, 0.29) is 12.5 Å². The molecule has 0 N–H and O–H groups in total. The van der Waals surface area contributed by atoms with Crippen LogP contribution in [0, 0.1) is 5.92 Å². The molecule has 1 aromatic carbocycles. The molecule has 0 unspecified atom stereocenters. The zero-order valence-electron chi connectivity index (χ0n) is 14.0. The van der Waals surface area contributed by atoms with Crippen molar-refractivity contribution >= 4 is 29.3 Å². The molecule has 0 atom stereocenters. The van der Waals surface area contributed by atoms with Crippen LogP contribution in [0.25, 0.3) is 0 Å². The maximum Gasteiger partial charge on any atom is 0.399 e. The van der Waals surface area contributed by atoms with Gasteiger partial charge in [-0.1, -0.05) is 37.6 Å². The quantitative estimate of drug-likeness (QED) is 0.358. The van der Waals surface area contributed by atoms with Crippen LogP contribution < -0.4 is 0 Å². The number of hydrogen-bond acceptors (Lipinski definition) is 3. The Labute approximate surface area is 142 Å². The van der Waals surface area contributed by atoms with Gasteiger partial charge in [0.15, 0.2) is 0 Å². The van der Waals surface area contributed by atoms with E-state index in [4.69, 9.17) is 16.3 Å². The Kier molecular flexibility index (Phi) is 7.75. The van der Waals surface area contributed by atoms with Crippen LogP contribution in [0.4, 0.5) is 0 Å². The number of ether oxygens (including phenoxy) is 1. The van der Waals surface area contributed by atoms with E-state index in [0.717, 1.165) is 0 Å². The maximum atomic E-state index is 12.1. The molecule has 0 spiro atoms. The average molecular weight is 339 g/mol. The number of carbonyl (C=O) groups excluding carboxylic acids is 2. The molecule has 0 aromatic heterocycles. The van der Waals surface area contributed by atoms with Crippen molar-refractivity contribution < 1.29 is 14.3 Å². The first kappa shape index (κ1) is 19.2. The van der Waals surface area contributed by atoms with Crippen molar-refractivity contribution in [2.75, 3.05) is 19.7 Å². The number of nitrogens with zero attached hydrogens (tertiary/aromatic N) is 2. The van der Waals surface area contributed by atoms with Gasteiger partial charge >= 0.3 is 11.9 Å². The minimum Gasteiger partial charge on any atom is -0.458 e. The minimum absolute atomic E-state index is 0.154. The van der Waals surface area contributed by atoms with Gasteiger partial charge in [-0.2, -0.15) is 4.99 Å². The average Bonchev–Trinajstić information content (AvgIpc) is 2.53. The van der Waals surface area contributed by atoms with Crippen LogP contribution in [-0.2, 0) is 14.3 Å². The topological polar surface area (TPSA) is 59.0 Å². The summed E-state index contributed by atoms with van der Waals surface area (Å²) in [6.45, 7) is 9.13. The van der Waals surface area contributed by atoms with Gasteiger partial charge in [0.2, 0.25) is 0 Å². The molecule has 0 heterocycles. The molecule has 0 fully saturated rings. The van der Waals surface area contributed by atoms with Gasteiger partial charge in [-0.15, -0.1) is 0 Å². The first-order valence-electron chi connectivity index (χ1n) is 7.70. The van der Waals surface area contributed by atoms with Crippen LogP contribution >= 0.6 is 11.6 Å². The first-order chi connectivity index (χ1) is 10.9. The number of amidine groups is 1. The number of rotatable bonds is 5. The minimum atomic E-state index is -0.949. The highest BCUT2D eigenvalue weighted by atomic mass is 35.5. The normalized spacial score (nSPS) is 11.5. The Balaban J connectivity index is 3.12. The van der Waals surface area contributed by atoms with E-state index in [1.165, 1.54) is 0 Å². The predicted molar refractivity (Wildman–Crippen MR) is 91.7 cm³/mol. The van der Waals surface area contributed by atoms with E-state index < -0.39 is 11.9 Å². The number of amides is 1. The highest BCUT2D eigenvalue weighted by Gasteiger charge is 2.20. The Bertz CT molecular complexity index is 581. The van der Waals surface area contributed by atoms with Crippen LogP contribution in [0.15, 0.2) is 29.3 Å². The third-order valence-corrected chi connectivity index (χ3v) is 3.44. The summed E-state index contributed by atoms with van der Waals surface area (Å²) in [4.78, 5) is 29.7. The summed E-state index contributed by atoms with van der Waals surface area (Å²) in [7, 11) is 0. The zero-order valence-corrected chi connectivity index (χ0v) is 14.8. The highest BCUT2D eigenvalue weighted by molar-refractivity contribution is 6.37. The van der Waals surface area contributed by atoms with Crippen molar-refractivity contribution in [3.05, 3.63) is 34.9 Å². The van der Waals surface area contributed by atoms with Crippen molar-refractivity contribution in [1.29, 1.82) is 0 Å². The lowest BCUT2D eigenvalue weighted by atomic mass is 10.2. The molecule has 0 saturated carbocycles. The maximum absolute atomic E-state index is 12.1. The second kappa shape index (κ2) is 9.30. The van der Waals surface area contributed by atoms with Crippen LogP contribution in [-0.4, -0.2) is 42.3 Å². The van der Waals surface area contributed by atoms with Gasteiger partial charge in [0.05, 0.1) is 11.6 Å². The number of benzene rings is 1. The van der Waals surface area contributed by atoms with Crippen LogP contribution in [0.2, 0.25) is 5.02 Å². The molecule has 23 heavy (non-hydrogen) atoms. The van der Waals surface area contributed by atoms with Crippen LogP contribution in [0.1, 0.15) is 33.3 Å². The van der Waals surface area contributed by atoms with Crippen LogP contribution in [0.3, 0.4) is 0 Å². The summed E-state index contributed by atoms with van der Waals surface area (Å²) in [6.07, 6.45) is 0. The molecule has 0 aliphatic carbocycles. The number of esters is 1. The zero-order chi connectivity index (χ0) is 17.4. The van der Waals surface area contributed by atoms with Gasteiger partial charge < -0.3 is 9.64 Å². The summed E-state index contributed by atoms with van der Waals surface area (Å²) in [5.74, 6) is -1.34. The van der Waals surface area contributed by atoms with Gasteiger partial charge in [-0.3, -0.25) is 4.79 Å². The van der Waals surface area contributed by atoms with Gasteiger partial charge in [-0.25, -0.2) is 4.79 Å². The number of hydrogen-bond donors (Lipinski definition) is 0. The van der Waals surface area contributed by atoms with Gasteiger partial charge in [0.25, 0.3) is 0 Å². The second-order valence-corrected chi connectivity index (χ2v) is 5.79. The molecule has 0 bridgehead atoms. The largest absolute Gasteiger partial charge is 0.458 e. The molecule has 1 rings (SSSR count). The van der Waals surface area contributed by atoms with E-state index in [1.54, 1.807) is 18.2 Å². The van der Waals surface area contributed by atoms with E-state index in [0.29, 0.717) is 29.5 Å². The fourth-order valence-electron chi connectivity index (χ4n) is 1.91. The number of carbonyl (C=O) groups is 2. The monoisotopic (exact) mass is 338 g/mol. The van der Waals surface area contributed by atoms with Crippen molar-refractivity contribution in [2.45, 2.75) is 27.7 Å². The fraction of sp³-hybridized carbons (Fsp3) is 0.471. The van der Waals surface area contributed by atoms with E-state index >= 15 is 0 Å². The molecule has 1 aromatic rings. The predicted octanol–water partition coefficient (Wildman–Crippen LogP) is 3.15. The highest BCUT2D eigenvalue weighted by Crippen LogP contribution is 2.18. The third kappa shape index (κ3) is 5.67. The van der Waals surface area contributed by atoms with E-state index in [9.17, 15) is 9.59 Å². The molecular weight excluding hydrogens is 316 g/mol. The molecule has 6 heteroatoms. The fourth-order valence-corrected chi connectivity index (χ4v) is 2.13. The number of aliphatic imine (C=N–C) groups is 1. The molecule has 5 nitrogen and oxygen atoms in total. The SMILES string of the molecule is CCN(CC)C(=NC(=O)C(=O)OCC(C)C)c1ccccc1Cl. The van der Waals surface area contributed by atoms with Gasteiger partial charge in [0, 0.05) is 18.7 Å². The summed E-state index contributed by atoms with van der Waals surface area (Å²) >= 11 is 6.21. The Morgan fingerprint density at radius 3 is 2.35 bits per heavy atom. The van der Waals surface area contributed by atoms with Gasteiger partial charge in [-0.05, 0) is 31.9 Å². The summed E-state index contributed by atoms with van der Waals surface area (Å²) in [6, 6.07) is 7.09. The molecule has 1 amide bonds. The summed E-state index contributed by atoms with van der Waals surface area (Å²) in [5, 5.41) is 0.474. The molecule has 0 saturated heterocycles. The van der Waals surface area contributed by atoms with Crippen molar-refractivity contribution in [2.24, 2.45) is 10.9 Å². The van der Waals surface area contributed by atoms with Crippen molar-refractivity contribution in [3.8, 4) is 0 Å². The van der Waals surface area contributed by atoms with Crippen molar-refractivity contribution in [3.63, 3.8) is 0 Å². The lowest BCUT2D eigenvalue weighted by molar-refractivity contribution is -0.154. The summed E-state index contributed by atoms with van der Waals surface area (Å²) < 4.78 is 4.93. The summed E-state index contributed by atoms with van der Waals surface area (Å²) in [5.41, 5.74) is 0.614. The third-order valence-electron chi connectivity index (χ3n) is 3.11. The molecule has 0 aliphatic rings. The first-order valence-corrected chi connectivity index (χ1v) is 8.08. The second-order valence-electron chi connectivity index (χ2n) is 5.39. The van der Waals surface area contributed by atoms with Crippen LogP contribution in [0.5, 0.6) is 0 Å². The smallest absolute Gasteiger partial charge is 0.399 e. The Morgan fingerprint density at radius 2 is 1.83 bits per heavy atom. The molecule has 0 radical (unpaired) electrons. The van der Waals surface area contributed by atoms with Crippen molar-refractivity contribution in [1.82, 2.24) is 4.90 Å². The molecular formula is C17H23ClN2O3. The lowest BCUT2D eigenvalue weighted by Crippen LogP contribution is -2.33. The number of halogens is 1. The van der Waals surface area contributed by atoms with E-state index in [2.05, 4.69) is 4.99 Å². The molecule has 126 valence electrons. The lowest BCUT2D eigenvalue weighted by Gasteiger charge is -2.23. The van der Waals surface area contributed by atoms with Gasteiger partial charge in [0.1, 0.15) is 5.84 Å². The Morgan fingerprint density at radius 1 is 1.22 bits per heavy atom.